The molecule has 0 aromatic rings. The van der Waals surface area contributed by atoms with Gasteiger partial charge in [0.15, 0.2) is 0 Å². The van der Waals surface area contributed by atoms with Gasteiger partial charge in [-0.1, -0.05) is 0 Å². The van der Waals surface area contributed by atoms with E-state index >= 15 is 0 Å². The first-order valence-electron chi connectivity index (χ1n) is 10.4. The van der Waals surface area contributed by atoms with E-state index in [1.54, 1.807) is 4.90 Å². The third kappa shape index (κ3) is 5.85. The molecule has 29 heavy (non-hydrogen) atoms. The molecule has 0 aromatic carbocycles. The van der Waals surface area contributed by atoms with Crippen LogP contribution in [0.25, 0.3) is 0 Å². The molecule has 3 rings (SSSR count). The van der Waals surface area contributed by atoms with Crippen molar-refractivity contribution in [1.82, 2.24) is 20.0 Å². The van der Waals surface area contributed by atoms with Crippen molar-refractivity contribution in [3.05, 3.63) is 0 Å². The molecule has 164 valence electrons. The Bertz CT molecular complexity index is 622. The van der Waals surface area contributed by atoms with E-state index in [0.717, 1.165) is 4.90 Å². The summed E-state index contributed by atoms with van der Waals surface area (Å²) in [4.78, 5) is 40.7. The largest absolute Gasteiger partial charge is 0.388 e. The maximum atomic E-state index is 13.3. The maximum absolute atomic E-state index is 13.3. The predicted octanol–water partition coefficient (Wildman–Crippen LogP) is 0.793. The van der Waals surface area contributed by atoms with Crippen molar-refractivity contribution in [2.24, 2.45) is 0 Å². The van der Waals surface area contributed by atoms with E-state index in [2.05, 4.69) is 5.32 Å². The Labute approximate surface area is 169 Å². The number of nitrogens with zero attached hydrogens (tertiary/aromatic N) is 3. The molecular formula is C19H30F2N4O4. The average molecular weight is 416 g/mol. The number of β-amino-alcohol motifs (C(OH)–C–C–N with tert-alkyl or cyclic N) is 1. The van der Waals surface area contributed by atoms with Crippen LogP contribution in [0, 0.1) is 0 Å². The molecule has 0 radical (unpaired) electrons. The van der Waals surface area contributed by atoms with Crippen molar-refractivity contribution in [2.75, 3.05) is 45.8 Å². The first-order chi connectivity index (χ1) is 13.7. The summed E-state index contributed by atoms with van der Waals surface area (Å²) in [5, 5.41) is 13.6. The highest BCUT2D eigenvalue weighted by Gasteiger charge is 2.38. The quantitative estimate of drug-likeness (QED) is 0.691. The second-order valence-corrected chi connectivity index (χ2v) is 8.37. The van der Waals surface area contributed by atoms with Crippen LogP contribution in [-0.4, -0.2) is 95.0 Å². The first-order valence-corrected chi connectivity index (χ1v) is 10.4. The molecule has 1 atom stereocenters. The lowest BCUT2D eigenvalue weighted by Gasteiger charge is -2.37. The number of piperidine rings is 1. The zero-order valence-corrected chi connectivity index (χ0v) is 16.7. The second kappa shape index (κ2) is 8.91. The summed E-state index contributed by atoms with van der Waals surface area (Å²) in [6, 6.07) is -0.466. The van der Waals surface area contributed by atoms with E-state index in [1.165, 1.54) is 0 Å². The topological polar surface area (TPSA) is 93.2 Å². The number of imide groups is 1. The average Bonchev–Trinajstić information content (AvgIpc) is 2.85. The third-order valence-corrected chi connectivity index (χ3v) is 6.09. The lowest BCUT2D eigenvalue weighted by Crippen LogP contribution is -2.51. The van der Waals surface area contributed by atoms with Crippen molar-refractivity contribution in [1.29, 1.82) is 0 Å². The third-order valence-electron chi connectivity index (χ3n) is 6.09. The number of likely N-dealkylation sites (tertiary alicyclic amines) is 2. The van der Waals surface area contributed by atoms with Crippen LogP contribution in [0.15, 0.2) is 0 Å². The van der Waals surface area contributed by atoms with Crippen molar-refractivity contribution >= 4 is 17.8 Å². The summed E-state index contributed by atoms with van der Waals surface area (Å²) >= 11 is 0. The van der Waals surface area contributed by atoms with Gasteiger partial charge in [0.2, 0.25) is 11.8 Å². The number of alkyl halides is 2. The standard InChI is InChI=1S/C19H30F2N4O4/c20-19(21)6-11-23(12-7-19)14-18(29)4-1-9-24(13-5-18)15(26)3-10-25-16(27)2-8-22-17(25)28/h29H,1-14H2,(H,22,28)/t18-/m1/s1. The van der Waals surface area contributed by atoms with Gasteiger partial charge in [-0.25, -0.2) is 13.6 Å². The number of halogens is 2. The molecule has 0 aliphatic carbocycles. The molecule has 3 saturated heterocycles. The molecule has 0 spiro atoms. The monoisotopic (exact) mass is 416 g/mol. The summed E-state index contributed by atoms with van der Waals surface area (Å²) in [6.45, 7) is 2.12. The van der Waals surface area contributed by atoms with Crippen LogP contribution in [0.3, 0.4) is 0 Å². The van der Waals surface area contributed by atoms with E-state index < -0.39 is 17.6 Å². The molecule has 0 bridgehead atoms. The fraction of sp³-hybridized carbons (Fsp3) is 0.842. The van der Waals surface area contributed by atoms with Crippen molar-refractivity contribution < 1.29 is 28.3 Å². The van der Waals surface area contributed by atoms with Gasteiger partial charge in [-0.15, -0.1) is 0 Å². The van der Waals surface area contributed by atoms with Gasteiger partial charge in [-0.2, -0.15) is 0 Å². The fourth-order valence-electron chi connectivity index (χ4n) is 4.25. The number of hydrogen-bond acceptors (Lipinski definition) is 5. The van der Waals surface area contributed by atoms with E-state index in [1.807, 2.05) is 4.90 Å². The molecule has 3 aliphatic rings. The summed E-state index contributed by atoms with van der Waals surface area (Å²) in [5.41, 5.74) is -0.996. The summed E-state index contributed by atoms with van der Waals surface area (Å²) in [6.07, 6.45) is 1.44. The minimum atomic E-state index is -2.61. The minimum absolute atomic E-state index is 0.0479. The van der Waals surface area contributed by atoms with Crippen molar-refractivity contribution in [3.63, 3.8) is 0 Å². The van der Waals surface area contributed by atoms with Gasteiger partial charge in [-0.3, -0.25) is 14.5 Å². The van der Waals surface area contributed by atoms with Crippen LogP contribution in [0.1, 0.15) is 44.9 Å². The van der Waals surface area contributed by atoms with E-state index in [9.17, 15) is 28.3 Å². The van der Waals surface area contributed by atoms with Crippen molar-refractivity contribution in [3.8, 4) is 0 Å². The van der Waals surface area contributed by atoms with Gasteiger partial charge in [-0.05, 0) is 19.3 Å². The zero-order chi connectivity index (χ0) is 21.1. The van der Waals surface area contributed by atoms with E-state index in [-0.39, 0.29) is 57.1 Å². The Balaban J connectivity index is 1.46. The number of rotatable bonds is 5. The molecule has 10 heteroatoms. The fourth-order valence-corrected chi connectivity index (χ4v) is 4.25. The van der Waals surface area contributed by atoms with Crippen LogP contribution in [0.2, 0.25) is 0 Å². The lowest BCUT2D eigenvalue weighted by molar-refractivity contribution is -0.133. The Morgan fingerprint density at radius 3 is 2.48 bits per heavy atom. The van der Waals surface area contributed by atoms with Crippen LogP contribution in [-0.2, 0) is 9.59 Å². The Morgan fingerprint density at radius 2 is 1.79 bits per heavy atom. The minimum Gasteiger partial charge on any atom is -0.388 e. The number of amides is 4. The highest BCUT2D eigenvalue weighted by Crippen LogP contribution is 2.30. The predicted molar refractivity (Wildman–Crippen MR) is 100 cm³/mol. The second-order valence-electron chi connectivity index (χ2n) is 8.37. The highest BCUT2D eigenvalue weighted by molar-refractivity contribution is 5.97. The highest BCUT2D eigenvalue weighted by atomic mass is 19.3. The number of urea groups is 1. The number of aliphatic hydroxyl groups is 1. The summed E-state index contributed by atoms with van der Waals surface area (Å²) in [5.74, 6) is -3.05. The van der Waals surface area contributed by atoms with Crippen LogP contribution < -0.4 is 5.32 Å². The number of nitrogens with one attached hydrogen (secondary N) is 1. The zero-order valence-electron chi connectivity index (χ0n) is 16.7. The van der Waals surface area contributed by atoms with Crippen molar-refractivity contribution in [2.45, 2.75) is 56.5 Å². The summed E-state index contributed by atoms with van der Waals surface area (Å²) < 4.78 is 26.7. The molecule has 0 aromatic heterocycles. The smallest absolute Gasteiger partial charge is 0.324 e. The van der Waals surface area contributed by atoms with E-state index in [0.29, 0.717) is 45.4 Å². The van der Waals surface area contributed by atoms with Gasteiger partial charge in [0.1, 0.15) is 0 Å². The van der Waals surface area contributed by atoms with E-state index in [4.69, 9.17) is 0 Å². The number of carbonyl (C=O) groups is 3. The normalized spacial score (nSPS) is 28.8. The van der Waals surface area contributed by atoms with Gasteiger partial charge in [0.25, 0.3) is 5.92 Å². The Kier molecular flexibility index (Phi) is 6.72. The van der Waals surface area contributed by atoms with Gasteiger partial charge in [0.05, 0.1) is 5.60 Å². The van der Waals surface area contributed by atoms with Gasteiger partial charge < -0.3 is 20.2 Å². The van der Waals surface area contributed by atoms with Crippen LogP contribution in [0.4, 0.5) is 13.6 Å². The molecule has 3 fully saturated rings. The Morgan fingerprint density at radius 1 is 1.07 bits per heavy atom. The SMILES string of the molecule is O=C(CCN1C(=O)CCNC1=O)N1CCC[C@](O)(CN2CCC(F)(F)CC2)CC1. The number of carbonyl (C=O) groups excluding carboxylic acids is 3. The Hall–Kier alpha value is -1.81. The molecule has 8 nitrogen and oxygen atoms in total. The number of hydrogen-bond donors (Lipinski definition) is 2. The maximum Gasteiger partial charge on any atom is 0.324 e. The van der Waals surface area contributed by atoms with Crippen LogP contribution >= 0.6 is 0 Å². The molecule has 3 heterocycles. The molecule has 3 aliphatic heterocycles. The first kappa shape index (κ1) is 21.9. The molecule has 0 unspecified atom stereocenters. The van der Waals surface area contributed by atoms with Gasteiger partial charge in [0, 0.05) is 71.5 Å². The van der Waals surface area contributed by atoms with Gasteiger partial charge >= 0.3 is 6.03 Å². The summed E-state index contributed by atoms with van der Waals surface area (Å²) in [7, 11) is 0. The lowest BCUT2D eigenvalue weighted by atomic mass is 9.93. The molecular weight excluding hydrogens is 386 g/mol. The van der Waals surface area contributed by atoms with Crippen LogP contribution in [0.5, 0.6) is 0 Å². The molecule has 0 saturated carbocycles. The molecule has 2 N–H and O–H groups in total. The molecule has 4 amide bonds.